The first kappa shape index (κ1) is 11.5. The fourth-order valence-electron chi connectivity index (χ4n) is 1.45. The minimum Gasteiger partial charge on any atom is -0.399 e. The van der Waals surface area contributed by atoms with Crippen LogP contribution < -0.4 is 11.1 Å². The summed E-state index contributed by atoms with van der Waals surface area (Å²) in [5, 5.41) is 3.28. The van der Waals surface area contributed by atoms with Gasteiger partial charge in [-0.15, -0.1) is 0 Å². The largest absolute Gasteiger partial charge is 0.399 e. The zero-order chi connectivity index (χ0) is 12.3. The highest BCUT2D eigenvalue weighted by molar-refractivity contribution is 6.31. The number of benzene rings is 2. The van der Waals surface area contributed by atoms with Crippen molar-refractivity contribution in [3.05, 3.63) is 59.1 Å². The van der Waals surface area contributed by atoms with Crippen LogP contribution in [0.5, 0.6) is 0 Å². The highest BCUT2D eigenvalue weighted by atomic mass is 35.5. The number of hydrogen-bond donors (Lipinski definition) is 2. The molecule has 2 aromatic rings. The van der Waals surface area contributed by atoms with Crippen LogP contribution in [0, 0.1) is 0 Å². The van der Waals surface area contributed by atoms with Gasteiger partial charge in [-0.25, -0.2) is 0 Å². The second-order valence-electron chi connectivity index (χ2n) is 3.59. The number of hydrogen-bond acceptors (Lipinski definition) is 2. The fraction of sp³-hybridized carbons (Fsp3) is 0. The van der Waals surface area contributed by atoms with Crippen LogP contribution in [0.4, 0.5) is 11.4 Å². The quantitative estimate of drug-likeness (QED) is 0.800. The smallest absolute Gasteiger partial charge is 0.255 e. The number of amides is 1. The number of halogens is 1. The number of nitrogens with one attached hydrogen (secondary N) is 1. The van der Waals surface area contributed by atoms with Gasteiger partial charge in [-0.2, -0.15) is 0 Å². The molecule has 0 unspecified atom stereocenters. The Morgan fingerprint density at radius 1 is 1.12 bits per heavy atom. The van der Waals surface area contributed by atoms with Gasteiger partial charge in [-0.05, 0) is 36.4 Å². The normalized spacial score (nSPS) is 9.94. The Morgan fingerprint density at radius 3 is 2.59 bits per heavy atom. The molecule has 3 N–H and O–H groups in total. The molecule has 0 fully saturated rings. The predicted molar refractivity (Wildman–Crippen MR) is 70.3 cm³/mol. The van der Waals surface area contributed by atoms with E-state index in [9.17, 15) is 4.79 Å². The Kier molecular flexibility index (Phi) is 3.30. The molecule has 2 rings (SSSR count). The van der Waals surface area contributed by atoms with E-state index in [4.69, 9.17) is 17.3 Å². The Morgan fingerprint density at radius 2 is 1.88 bits per heavy atom. The number of carbonyl (C=O) groups excluding carboxylic acids is 1. The van der Waals surface area contributed by atoms with Gasteiger partial charge in [0, 0.05) is 22.0 Å². The molecule has 17 heavy (non-hydrogen) atoms. The summed E-state index contributed by atoms with van der Waals surface area (Å²) in [6.07, 6.45) is 0. The van der Waals surface area contributed by atoms with Crippen LogP contribution >= 0.6 is 11.6 Å². The fourth-order valence-corrected chi connectivity index (χ4v) is 1.64. The average molecular weight is 247 g/mol. The summed E-state index contributed by atoms with van der Waals surface area (Å²) in [7, 11) is 0. The predicted octanol–water partition coefficient (Wildman–Crippen LogP) is 3.17. The van der Waals surface area contributed by atoms with Gasteiger partial charge in [-0.3, -0.25) is 4.79 Å². The molecule has 0 radical (unpaired) electrons. The van der Waals surface area contributed by atoms with Gasteiger partial charge in [0.2, 0.25) is 0 Å². The topological polar surface area (TPSA) is 55.1 Å². The van der Waals surface area contributed by atoms with Crippen molar-refractivity contribution >= 4 is 28.9 Å². The third kappa shape index (κ3) is 2.98. The van der Waals surface area contributed by atoms with E-state index in [0.717, 1.165) is 0 Å². The van der Waals surface area contributed by atoms with Gasteiger partial charge in [0.05, 0.1) is 0 Å². The molecule has 0 saturated heterocycles. The second kappa shape index (κ2) is 4.89. The minimum atomic E-state index is -0.210. The third-order valence-corrected chi connectivity index (χ3v) is 2.47. The van der Waals surface area contributed by atoms with Crippen molar-refractivity contribution in [2.45, 2.75) is 0 Å². The molecule has 0 spiro atoms. The van der Waals surface area contributed by atoms with Gasteiger partial charge >= 0.3 is 0 Å². The molecule has 86 valence electrons. The summed E-state index contributed by atoms with van der Waals surface area (Å²) in [5.41, 5.74) is 7.41. The Bertz CT molecular complexity index is 555. The zero-order valence-corrected chi connectivity index (χ0v) is 9.74. The van der Waals surface area contributed by atoms with Crippen molar-refractivity contribution in [2.24, 2.45) is 0 Å². The van der Waals surface area contributed by atoms with Gasteiger partial charge in [0.25, 0.3) is 5.91 Å². The van der Waals surface area contributed by atoms with Gasteiger partial charge in [0.1, 0.15) is 0 Å². The van der Waals surface area contributed by atoms with Gasteiger partial charge in [0.15, 0.2) is 0 Å². The number of anilines is 2. The molecule has 0 heterocycles. The van der Waals surface area contributed by atoms with Crippen molar-refractivity contribution in [1.82, 2.24) is 0 Å². The van der Waals surface area contributed by atoms with Crippen molar-refractivity contribution < 1.29 is 4.79 Å². The Hall–Kier alpha value is -2.00. The molecular weight excluding hydrogens is 236 g/mol. The van der Waals surface area contributed by atoms with Crippen LogP contribution in [0.25, 0.3) is 0 Å². The summed E-state index contributed by atoms with van der Waals surface area (Å²) in [4.78, 5) is 11.9. The van der Waals surface area contributed by atoms with Crippen LogP contribution in [0.1, 0.15) is 10.4 Å². The van der Waals surface area contributed by atoms with E-state index in [0.29, 0.717) is 22.0 Å². The van der Waals surface area contributed by atoms with E-state index in [1.807, 2.05) is 0 Å². The lowest BCUT2D eigenvalue weighted by Gasteiger charge is -2.06. The lowest BCUT2D eigenvalue weighted by molar-refractivity contribution is 0.102. The lowest BCUT2D eigenvalue weighted by Crippen LogP contribution is -2.11. The molecule has 4 heteroatoms. The van der Waals surface area contributed by atoms with Gasteiger partial charge < -0.3 is 11.1 Å². The van der Waals surface area contributed by atoms with Crippen molar-refractivity contribution in [2.75, 3.05) is 11.1 Å². The molecule has 3 nitrogen and oxygen atoms in total. The number of nitrogens with two attached hydrogens (primary N) is 1. The van der Waals surface area contributed by atoms with E-state index in [1.165, 1.54) is 0 Å². The average Bonchev–Trinajstić information content (AvgIpc) is 2.29. The van der Waals surface area contributed by atoms with Crippen LogP contribution in [0.15, 0.2) is 48.5 Å². The van der Waals surface area contributed by atoms with Crippen LogP contribution in [-0.4, -0.2) is 5.91 Å². The monoisotopic (exact) mass is 246 g/mol. The first-order valence-electron chi connectivity index (χ1n) is 5.07. The molecule has 0 aliphatic carbocycles. The molecule has 0 saturated carbocycles. The Labute approximate surface area is 104 Å². The standard InChI is InChI=1S/C13H11ClN2O/c14-10-4-1-3-9(7-10)13(17)16-12-6-2-5-11(15)8-12/h1-8H,15H2,(H,16,17). The summed E-state index contributed by atoms with van der Waals surface area (Å²) in [6, 6.07) is 13.8. The molecule has 0 atom stereocenters. The summed E-state index contributed by atoms with van der Waals surface area (Å²) in [5.74, 6) is -0.210. The molecule has 2 aromatic carbocycles. The van der Waals surface area contributed by atoms with Crippen LogP contribution in [0.3, 0.4) is 0 Å². The SMILES string of the molecule is Nc1cccc(NC(=O)c2cccc(Cl)c2)c1. The molecule has 0 bridgehead atoms. The Balaban J connectivity index is 2.17. The number of rotatable bonds is 2. The maximum absolute atomic E-state index is 11.9. The minimum absolute atomic E-state index is 0.210. The highest BCUT2D eigenvalue weighted by Gasteiger charge is 2.06. The molecule has 0 aliphatic heterocycles. The zero-order valence-electron chi connectivity index (χ0n) is 8.98. The maximum atomic E-state index is 11.9. The van der Waals surface area contributed by atoms with Crippen molar-refractivity contribution in [3.63, 3.8) is 0 Å². The van der Waals surface area contributed by atoms with Gasteiger partial charge in [-0.1, -0.05) is 23.7 Å². The summed E-state index contributed by atoms with van der Waals surface area (Å²) in [6.45, 7) is 0. The molecule has 0 aliphatic rings. The lowest BCUT2D eigenvalue weighted by atomic mass is 10.2. The van der Waals surface area contributed by atoms with E-state index < -0.39 is 0 Å². The first-order valence-corrected chi connectivity index (χ1v) is 5.45. The summed E-state index contributed by atoms with van der Waals surface area (Å²) < 4.78 is 0. The van der Waals surface area contributed by atoms with Crippen molar-refractivity contribution in [3.8, 4) is 0 Å². The van der Waals surface area contributed by atoms with Crippen molar-refractivity contribution in [1.29, 1.82) is 0 Å². The molecular formula is C13H11ClN2O. The second-order valence-corrected chi connectivity index (χ2v) is 4.03. The number of nitrogen functional groups attached to an aromatic ring is 1. The first-order chi connectivity index (χ1) is 8.15. The summed E-state index contributed by atoms with van der Waals surface area (Å²) >= 11 is 5.82. The third-order valence-electron chi connectivity index (χ3n) is 2.23. The van der Waals surface area contributed by atoms with Crippen LogP contribution in [-0.2, 0) is 0 Å². The van der Waals surface area contributed by atoms with E-state index in [1.54, 1.807) is 48.5 Å². The van der Waals surface area contributed by atoms with E-state index >= 15 is 0 Å². The maximum Gasteiger partial charge on any atom is 0.255 e. The molecule has 1 amide bonds. The van der Waals surface area contributed by atoms with E-state index in [2.05, 4.69) is 5.32 Å². The van der Waals surface area contributed by atoms with Crippen LogP contribution in [0.2, 0.25) is 5.02 Å². The number of carbonyl (C=O) groups is 1. The molecule has 0 aromatic heterocycles. The highest BCUT2D eigenvalue weighted by Crippen LogP contribution is 2.15. The van der Waals surface area contributed by atoms with E-state index in [-0.39, 0.29) is 5.91 Å².